The van der Waals surface area contributed by atoms with E-state index >= 15 is 0 Å². The maximum absolute atomic E-state index is 11.8. The van der Waals surface area contributed by atoms with Crippen molar-refractivity contribution in [3.8, 4) is 11.8 Å². The number of aromatic nitrogens is 1. The second kappa shape index (κ2) is 6.05. The first-order valence-corrected chi connectivity index (χ1v) is 5.70. The van der Waals surface area contributed by atoms with Crippen molar-refractivity contribution in [3.05, 3.63) is 46.8 Å². The number of carbonyl (C=O) groups excluding carboxylic acids is 1. The van der Waals surface area contributed by atoms with E-state index in [0.717, 1.165) is 0 Å². The van der Waals surface area contributed by atoms with Gasteiger partial charge in [0.25, 0.3) is 5.91 Å². The number of hydrogen-bond acceptors (Lipinski definition) is 4. The Bertz CT molecular complexity index is 642. The van der Waals surface area contributed by atoms with Crippen LogP contribution in [0.4, 0.5) is 5.69 Å². The molecule has 0 fully saturated rings. The van der Waals surface area contributed by atoms with Gasteiger partial charge in [-0.15, -0.1) is 0 Å². The van der Waals surface area contributed by atoms with Crippen LogP contribution in [0.2, 0.25) is 5.02 Å². The molecule has 96 valence electrons. The van der Waals surface area contributed by atoms with Crippen LogP contribution in [0, 0.1) is 11.8 Å². The Balaban J connectivity index is 2.27. The standard InChI is InChI=1S/C13H9ClN2O3/c14-10-3-4-11(9(8-10)2-1-7-17)16-13(18)12-5-6-15-19-12/h3-6,8,17H,7H2,(H,16,18). The van der Waals surface area contributed by atoms with Gasteiger partial charge in [0.2, 0.25) is 5.76 Å². The number of aliphatic hydroxyl groups is 1. The fourth-order valence-corrected chi connectivity index (χ4v) is 1.55. The van der Waals surface area contributed by atoms with Crippen LogP contribution in [0.3, 0.4) is 0 Å². The van der Waals surface area contributed by atoms with Crippen LogP contribution in [0.25, 0.3) is 0 Å². The van der Waals surface area contributed by atoms with Crippen LogP contribution >= 0.6 is 11.6 Å². The average Bonchev–Trinajstić information content (AvgIpc) is 2.93. The molecule has 2 rings (SSSR count). The van der Waals surface area contributed by atoms with Crippen molar-refractivity contribution >= 4 is 23.2 Å². The Morgan fingerprint density at radius 2 is 2.32 bits per heavy atom. The summed E-state index contributed by atoms with van der Waals surface area (Å²) in [5.74, 6) is 4.86. The largest absolute Gasteiger partial charge is 0.384 e. The molecule has 2 N–H and O–H groups in total. The van der Waals surface area contributed by atoms with E-state index in [-0.39, 0.29) is 12.4 Å². The minimum Gasteiger partial charge on any atom is -0.384 e. The number of halogens is 1. The second-order valence-electron chi connectivity index (χ2n) is 3.48. The highest BCUT2D eigenvalue weighted by molar-refractivity contribution is 6.30. The summed E-state index contributed by atoms with van der Waals surface area (Å²) in [6.45, 7) is -0.276. The summed E-state index contributed by atoms with van der Waals surface area (Å²) in [6.07, 6.45) is 1.38. The zero-order valence-corrected chi connectivity index (χ0v) is 10.4. The molecule has 1 amide bonds. The van der Waals surface area contributed by atoms with E-state index in [4.69, 9.17) is 21.2 Å². The third kappa shape index (κ3) is 3.35. The summed E-state index contributed by atoms with van der Waals surface area (Å²) < 4.78 is 4.75. The number of nitrogens with one attached hydrogen (secondary N) is 1. The van der Waals surface area contributed by atoms with E-state index in [1.807, 2.05) is 0 Å². The van der Waals surface area contributed by atoms with Crippen molar-refractivity contribution in [1.29, 1.82) is 0 Å². The predicted octanol–water partition coefficient (Wildman–Crippen LogP) is 1.92. The monoisotopic (exact) mass is 276 g/mol. The third-order valence-electron chi connectivity index (χ3n) is 2.19. The molecule has 0 unspecified atom stereocenters. The number of nitrogens with zero attached hydrogens (tertiary/aromatic N) is 1. The number of benzene rings is 1. The second-order valence-corrected chi connectivity index (χ2v) is 3.92. The Morgan fingerprint density at radius 1 is 1.47 bits per heavy atom. The van der Waals surface area contributed by atoms with Gasteiger partial charge in [-0.25, -0.2) is 0 Å². The van der Waals surface area contributed by atoms with Gasteiger partial charge in [-0.05, 0) is 18.2 Å². The van der Waals surface area contributed by atoms with Crippen molar-refractivity contribution in [2.24, 2.45) is 0 Å². The fraction of sp³-hybridized carbons (Fsp3) is 0.0769. The molecule has 0 radical (unpaired) electrons. The van der Waals surface area contributed by atoms with Crippen molar-refractivity contribution in [2.75, 3.05) is 11.9 Å². The van der Waals surface area contributed by atoms with Crippen LogP contribution in [0.5, 0.6) is 0 Å². The molecule has 0 aliphatic rings. The van der Waals surface area contributed by atoms with E-state index in [2.05, 4.69) is 22.3 Å². The first-order chi connectivity index (χ1) is 9.20. The van der Waals surface area contributed by atoms with Gasteiger partial charge in [0.05, 0.1) is 11.9 Å². The topological polar surface area (TPSA) is 75.4 Å². The van der Waals surface area contributed by atoms with E-state index in [0.29, 0.717) is 16.3 Å². The summed E-state index contributed by atoms with van der Waals surface area (Å²) in [5, 5.41) is 15.3. The number of amides is 1. The van der Waals surface area contributed by atoms with Crippen LogP contribution in [-0.2, 0) is 0 Å². The van der Waals surface area contributed by atoms with Gasteiger partial charge in [-0.1, -0.05) is 28.6 Å². The molecule has 0 spiro atoms. The normalized spacial score (nSPS) is 9.58. The third-order valence-corrected chi connectivity index (χ3v) is 2.43. The Hall–Kier alpha value is -2.29. The minimum atomic E-state index is -0.438. The molecule has 1 heterocycles. The summed E-state index contributed by atoms with van der Waals surface area (Å²) in [5.41, 5.74) is 0.987. The lowest BCUT2D eigenvalue weighted by Crippen LogP contribution is -2.12. The van der Waals surface area contributed by atoms with Gasteiger partial charge in [0.15, 0.2) is 0 Å². The van der Waals surface area contributed by atoms with E-state index in [1.165, 1.54) is 12.3 Å². The highest BCUT2D eigenvalue weighted by Gasteiger charge is 2.11. The first kappa shape index (κ1) is 13.1. The lowest BCUT2D eigenvalue weighted by Gasteiger charge is -2.06. The maximum Gasteiger partial charge on any atom is 0.294 e. The summed E-state index contributed by atoms with van der Waals surface area (Å²) in [7, 11) is 0. The van der Waals surface area contributed by atoms with Gasteiger partial charge in [-0.3, -0.25) is 4.79 Å². The number of anilines is 1. The van der Waals surface area contributed by atoms with Crippen molar-refractivity contribution < 1.29 is 14.4 Å². The molecule has 0 atom stereocenters. The molecular formula is C13H9ClN2O3. The van der Waals surface area contributed by atoms with Crippen LogP contribution in [0.1, 0.15) is 16.1 Å². The number of hydrogen-bond donors (Lipinski definition) is 2. The zero-order chi connectivity index (χ0) is 13.7. The summed E-state index contributed by atoms with van der Waals surface area (Å²) >= 11 is 5.86. The van der Waals surface area contributed by atoms with Crippen molar-refractivity contribution in [1.82, 2.24) is 5.16 Å². The molecule has 0 saturated heterocycles. The quantitative estimate of drug-likeness (QED) is 0.822. The highest BCUT2D eigenvalue weighted by atomic mass is 35.5. The van der Waals surface area contributed by atoms with E-state index in [1.54, 1.807) is 18.2 Å². The van der Waals surface area contributed by atoms with Crippen molar-refractivity contribution in [3.63, 3.8) is 0 Å². The van der Waals surface area contributed by atoms with Crippen LogP contribution < -0.4 is 5.32 Å². The van der Waals surface area contributed by atoms with Gasteiger partial charge < -0.3 is 14.9 Å². The van der Waals surface area contributed by atoms with Gasteiger partial charge in [0, 0.05) is 16.7 Å². The molecule has 0 aliphatic heterocycles. The number of rotatable bonds is 2. The Labute approximate surface area is 114 Å². The Kier molecular flexibility index (Phi) is 4.18. The molecule has 1 aromatic carbocycles. The van der Waals surface area contributed by atoms with Gasteiger partial charge in [0.1, 0.15) is 6.61 Å². The molecule has 19 heavy (non-hydrogen) atoms. The summed E-state index contributed by atoms with van der Waals surface area (Å²) in [4.78, 5) is 11.8. The molecule has 0 saturated carbocycles. The van der Waals surface area contributed by atoms with E-state index < -0.39 is 5.91 Å². The zero-order valence-electron chi connectivity index (χ0n) is 9.68. The SMILES string of the molecule is O=C(Nc1ccc(Cl)cc1C#CCO)c1ccno1. The molecule has 6 heteroatoms. The van der Waals surface area contributed by atoms with Crippen LogP contribution in [0.15, 0.2) is 35.0 Å². The smallest absolute Gasteiger partial charge is 0.294 e. The van der Waals surface area contributed by atoms with E-state index in [9.17, 15) is 4.79 Å². The van der Waals surface area contributed by atoms with Crippen molar-refractivity contribution in [2.45, 2.75) is 0 Å². The fourth-order valence-electron chi connectivity index (χ4n) is 1.38. The van der Waals surface area contributed by atoms with Crippen LogP contribution in [-0.4, -0.2) is 22.8 Å². The molecule has 2 aromatic rings. The molecular weight excluding hydrogens is 268 g/mol. The Morgan fingerprint density at radius 3 is 3.00 bits per heavy atom. The molecule has 5 nitrogen and oxygen atoms in total. The first-order valence-electron chi connectivity index (χ1n) is 5.32. The average molecular weight is 277 g/mol. The predicted molar refractivity (Wildman–Crippen MR) is 69.9 cm³/mol. The maximum atomic E-state index is 11.8. The van der Waals surface area contributed by atoms with Gasteiger partial charge >= 0.3 is 0 Å². The highest BCUT2D eigenvalue weighted by Crippen LogP contribution is 2.20. The molecule has 0 bridgehead atoms. The van der Waals surface area contributed by atoms with Gasteiger partial charge in [-0.2, -0.15) is 0 Å². The molecule has 0 aliphatic carbocycles. The number of aliphatic hydroxyl groups excluding tert-OH is 1. The summed E-state index contributed by atoms with van der Waals surface area (Å²) in [6, 6.07) is 6.30. The lowest BCUT2D eigenvalue weighted by molar-refractivity contribution is 0.0988. The number of carbonyl (C=O) groups is 1. The minimum absolute atomic E-state index is 0.0935. The lowest BCUT2D eigenvalue weighted by atomic mass is 10.1. The molecule has 1 aromatic heterocycles.